The molecule has 2 aliphatic rings. The molecule has 4 heteroatoms. The van der Waals surface area contributed by atoms with Crippen molar-refractivity contribution >= 4 is 11.9 Å². The SMILES string of the molecule is CCCCCCCCCCCCOC(=O)C1CCCCC1C(=O)OC1CCCCC1. The van der Waals surface area contributed by atoms with Crippen LogP contribution in [0.15, 0.2) is 0 Å². The number of esters is 2. The van der Waals surface area contributed by atoms with E-state index in [-0.39, 0.29) is 29.9 Å². The Hall–Kier alpha value is -1.06. The lowest BCUT2D eigenvalue weighted by atomic mass is 9.79. The first-order valence-electron chi connectivity index (χ1n) is 13.1. The normalized spacial score (nSPS) is 22.6. The fraction of sp³-hybridized carbons (Fsp3) is 0.923. The third-order valence-corrected chi connectivity index (χ3v) is 6.95. The summed E-state index contributed by atoms with van der Waals surface area (Å²) < 4.78 is 11.4. The highest BCUT2D eigenvalue weighted by Gasteiger charge is 2.38. The number of rotatable bonds is 14. The summed E-state index contributed by atoms with van der Waals surface area (Å²) in [4.78, 5) is 25.3. The summed E-state index contributed by atoms with van der Waals surface area (Å²) >= 11 is 0. The van der Waals surface area contributed by atoms with Crippen molar-refractivity contribution < 1.29 is 19.1 Å². The predicted octanol–water partition coefficient (Wildman–Crippen LogP) is 7.13. The molecule has 174 valence electrons. The first kappa shape index (κ1) is 25.2. The van der Waals surface area contributed by atoms with Crippen LogP contribution in [0.25, 0.3) is 0 Å². The van der Waals surface area contributed by atoms with Crippen molar-refractivity contribution in [2.24, 2.45) is 11.8 Å². The Labute approximate surface area is 184 Å². The zero-order chi connectivity index (χ0) is 21.4. The number of hydrogen-bond donors (Lipinski definition) is 0. The maximum absolute atomic E-state index is 12.7. The molecule has 2 fully saturated rings. The van der Waals surface area contributed by atoms with Crippen molar-refractivity contribution in [3.05, 3.63) is 0 Å². The second-order valence-electron chi connectivity index (χ2n) is 9.54. The van der Waals surface area contributed by atoms with E-state index in [4.69, 9.17) is 9.47 Å². The number of hydrogen-bond acceptors (Lipinski definition) is 4. The molecular weight excluding hydrogens is 376 g/mol. The highest BCUT2D eigenvalue weighted by atomic mass is 16.5. The first-order chi connectivity index (χ1) is 14.7. The van der Waals surface area contributed by atoms with Crippen molar-refractivity contribution in [2.45, 2.75) is 135 Å². The van der Waals surface area contributed by atoms with Gasteiger partial charge in [-0.3, -0.25) is 9.59 Å². The van der Waals surface area contributed by atoms with Gasteiger partial charge in [-0.2, -0.15) is 0 Å². The molecule has 30 heavy (non-hydrogen) atoms. The minimum absolute atomic E-state index is 0.0662. The van der Waals surface area contributed by atoms with Crippen LogP contribution >= 0.6 is 0 Å². The summed E-state index contributed by atoms with van der Waals surface area (Å²) in [6.07, 6.45) is 21.8. The van der Waals surface area contributed by atoms with Gasteiger partial charge in [0.1, 0.15) is 6.10 Å². The van der Waals surface area contributed by atoms with Crippen LogP contribution in [0.5, 0.6) is 0 Å². The van der Waals surface area contributed by atoms with Crippen LogP contribution in [0.4, 0.5) is 0 Å². The molecule has 0 radical (unpaired) electrons. The lowest BCUT2D eigenvalue weighted by Crippen LogP contribution is -2.37. The molecular formula is C26H46O4. The summed E-state index contributed by atoms with van der Waals surface area (Å²) in [5.41, 5.74) is 0. The monoisotopic (exact) mass is 422 g/mol. The van der Waals surface area contributed by atoms with Gasteiger partial charge in [-0.05, 0) is 44.9 Å². The molecule has 2 atom stereocenters. The molecule has 0 saturated heterocycles. The van der Waals surface area contributed by atoms with E-state index in [2.05, 4.69) is 6.92 Å². The molecule has 0 heterocycles. The highest BCUT2D eigenvalue weighted by Crippen LogP contribution is 2.33. The third kappa shape index (κ3) is 9.83. The van der Waals surface area contributed by atoms with Crippen LogP contribution in [0.1, 0.15) is 129 Å². The van der Waals surface area contributed by atoms with E-state index in [9.17, 15) is 9.59 Å². The fourth-order valence-electron chi connectivity index (χ4n) is 5.00. The Bertz CT molecular complexity index is 470. The molecule has 0 bridgehead atoms. The summed E-state index contributed by atoms with van der Waals surface area (Å²) in [7, 11) is 0. The Balaban J connectivity index is 1.57. The lowest BCUT2D eigenvalue weighted by molar-refractivity contribution is -0.167. The van der Waals surface area contributed by atoms with E-state index in [1.165, 1.54) is 57.8 Å². The van der Waals surface area contributed by atoms with Gasteiger partial charge in [0.15, 0.2) is 0 Å². The van der Waals surface area contributed by atoms with Gasteiger partial charge >= 0.3 is 11.9 Å². The van der Waals surface area contributed by atoms with Gasteiger partial charge in [0.2, 0.25) is 0 Å². The summed E-state index contributed by atoms with van der Waals surface area (Å²) in [6, 6.07) is 0. The van der Waals surface area contributed by atoms with Gasteiger partial charge in [0.25, 0.3) is 0 Å². The average Bonchev–Trinajstić information content (AvgIpc) is 2.78. The quantitative estimate of drug-likeness (QED) is 0.221. The second kappa shape index (κ2) is 15.7. The van der Waals surface area contributed by atoms with Crippen LogP contribution in [0, 0.1) is 11.8 Å². The maximum atomic E-state index is 12.7. The van der Waals surface area contributed by atoms with Crippen LogP contribution in [-0.2, 0) is 19.1 Å². The average molecular weight is 423 g/mol. The van der Waals surface area contributed by atoms with Crippen LogP contribution in [-0.4, -0.2) is 24.6 Å². The topological polar surface area (TPSA) is 52.6 Å². The summed E-state index contributed by atoms with van der Waals surface area (Å²) in [5.74, 6) is -0.905. The molecule has 0 aromatic carbocycles. The van der Waals surface area contributed by atoms with Gasteiger partial charge < -0.3 is 9.47 Å². The molecule has 0 spiro atoms. The standard InChI is InChI=1S/C26H46O4/c1-2-3-4-5-6-7-8-9-10-16-21-29-25(27)23-19-14-15-20-24(23)26(28)30-22-17-12-11-13-18-22/h22-24H,2-21H2,1H3. The summed E-state index contributed by atoms with van der Waals surface area (Å²) in [6.45, 7) is 2.75. The van der Waals surface area contributed by atoms with Gasteiger partial charge in [-0.15, -0.1) is 0 Å². The van der Waals surface area contributed by atoms with Crippen molar-refractivity contribution in [2.75, 3.05) is 6.61 Å². The Morgan fingerprint density at radius 3 is 1.73 bits per heavy atom. The van der Waals surface area contributed by atoms with Gasteiger partial charge in [-0.1, -0.05) is 84.0 Å². The maximum Gasteiger partial charge on any atom is 0.310 e. The van der Waals surface area contributed by atoms with E-state index in [0.29, 0.717) is 6.61 Å². The van der Waals surface area contributed by atoms with Crippen molar-refractivity contribution in [3.63, 3.8) is 0 Å². The molecule has 0 aliphatic heterocycles. The number of carbonyl (C=O) groups is 2. The predicted molar refractivity (Wildman–Crippen MR) is 121 cm³/mol. The fourth-order valence-corrected chi connectivity index (χ4v) is 5.00. The zero-order valence-electron chi connectivity index (χ0n) is 19.5. The Morgan fingerprint density at radius 2 is 1.13 bits per heavy atom. The number of carbonyl (C=O) groups excluding carboxylic acids is 2. The Morgan fingerprint density at radius 1 is 0.633 bits per heavy atom. The molecule has 2 aliphatic carbocycles. The van der Waals surface area contributed by atoms with E-state index in [1.54, 1.807) is 0 Å². The van der Waals surface area contributed by atoms with E-state index in [1.807, 2.05) is 0 Å². The number of unbranched alkanes of at least 4 members (excludes halogenated alkanes) is 9. The Kier molecular flexibility index (Phi) is 13.2. The largest absolute Gasteiger partial charge is 0.465 e. The first-order valence-corrected chi connectivity index (χ1v) is 13.1. The number of ether oxygens (including phenoxy) is 2. The van der Waals surface area contributed by atoms with Gasteiger partial charge in [0, 0.05) is 0 Å². The summed E-state index contributed by atoms with van der Waals surface area (Å²) in [5, 5.41) is 0. The third-order valence-electron chi connectivity index (χ3n) is 6.95. The highest BCUT2D eigenvalue weighted by molar-refractivity contribution is 5.82. The van der Waals surface area contributed by atoms with E-state index in [0.717, 1.165) is 64.2 Å². The second-order valence-corrected chi connectivity index (χ2v) is 9.54. The zero-order valence-corrected chi connectivity index (χ0v) is 19.5. The molecule has 2 rings (SSSR count). The van der Waals surface area contributed by atoms with E-state index >= 15 is 0 Å². The molecule has 0 amide bonds. The van der Waals surface area contributed by atoms with Crippen LogP contribution in [0.3, 0.4) is 0 Å². The van der Waals surface area contributed by atoms with Gasteiger partial charge in [0.05, 0.1) is 18.4 Å². The molecule has 4 nitrogen and oxygen atoms in total. The van der Waals surface area contributed by atoms with E-state index < -0.39 is 0 Å². The molecule has 0 aromatic rings. The minimum atomic E-state index is -0.294. The molecule has 2 saturated carbocycles. The minimum Gasteiger partial charge on any atom is -0.465 e. The van der Waals surface area contributed by atoms with Crippen molar-refractivity contribution in [3.8, 4) is 0 Å². The van der Waals surface area contributed by atoms with Crippen LogP contribution < -0.4 is 0 Å². The molecule has 2 unspecified atom stereocenters. The molecule has 0 N–H and O–H groups in total. The smallest absolute Gasteiger partial charge is 0.310 e. The van der Waals surface area contributed by atoms with Crippen molar-refractivity contribution in [1.29, 1.82) is 0 Å². The lowest BCUT2D eigenvalue weighted by Gasteiger charge is -2.30. The molecule has 0 aromatic heterocycles. The van der Waals surface area contributed by atoms with Crippen molar-refractivity contribution in [1.82, 2.24) is 0 Å². The van der Waals surface area contributed by atoms with Crippen LogP contribution in [0.2, 0.25) is 0 Å². The van der Waals surface area contributed by atoms with Gasteiger partial charge in [-0.25, -0.2) is 0 Å².